The van der Waals surface area contributed by atoms with Crippen molar-refractivity contribution in [1.82, 2.24) is 4.90 Å². The zero-order chi connectivity index (χ0) is 8.81. The van der Waals surface area contributed by atoms with Gasteiger partial charge in [-0.25, -0.2) is 0 Å². The summed E-state index contributed by atoms with van der Waals surface area (Å²) in [6.45, 7) is 2.82. The standard InChI is InChI=1S/C7H11ClN2S2/c8-7(5-9)6-10-1-3-11-12-4-2-10/h7H,1-4,6H2. The summed E-state index contributed by atoms with van der Waals surface area (Å²) in [6, 6.07) is 2.04. The number of rotatable bonds is 2. The highest BCUT2D eigenvalue weighted by molar-refractivity contribution is 8.76. The summed E-state index contributed by atoms with van der Waals surface area (Å²) in [5.74, 6) is 2.28. The Hall–Kier alpha value is 0.440. The molecule has 0 N–H and O–H groups in total. The Morgan fingerprint density at radius 2 is 2.00 bits per heavy atom. The van der Waals surface area contributed by atoms with Gasteiger partial charge in [0.25, 0.3) is 0 Å². The van der Waals surface area contributed by atoms with Gasteiger partial charge in [0.15, 0.2) is 0 Å². The van der Waals surface area contributed by atoms with Gasteiger partial charge >= 0.3 is 0 Å². The van der Waals surface area contributed by atoms with E-state index in [-0.39, 0.29) is 5.38 Å². The summed E-state index contributed by atoms with van der Waals surface area (Å²) < 4.78 is 0. The molecule has 0 aliphatic carbocycles. The molecule has 68 valence electrons. The van der Waals surface area contributed by atoms with Crippen molar-refractivity contribution in [3.05, 3.63) is 0 Å². The molecule has 1 aliphatic rings. The Labute approximate surface area is 86.0 Å². The second kappa shape index (κ2) is 5.98. The smallest absolute Gasteiger partial charge is 0.133 e. The van der Waals surface area contributed by atoms with Crippen molar-refractivity contribution in [3.8, 4) is 6.07 Å². The minimum Gasteiger partial charge on any atom is -0.299 e. The van der Waals surface area contributed by atoms with Crippen LogP contribution in [0.3, 0.4) is 0 Å². The van der Waals surface area contributed by atoms with E-state index in [1.54, 1.807) is 0 Å². The van der Waals surface area contributed by atoms with E-state index in [9.17, 15) is 0 Å². The van der Waals surface area contributed by atoms with Crippen molar-refractivity contribution in [2.45, 2.75) is 5.38 Å². The van der Waals surface area contributed by atoms with Crippen molar-refractivity contribution in [3.63, 3.8) is 0 Å². The zero-order valence-electron chi connectivity index (χ0n) is 6.70. The van der Waals surface area contributed by atoms with Crippen LogP contribution in [0.15, 0.2) is 0 Å². The van der Waals surface area contributed by atoms with E-state index < -0.39 is 0 Å². The van der Waals surface area contributed by atoms with Crippen LogP contribution in [-0.2, 0) is 0 Å². The Kier molecular flexibility index (Phi) is 5.24. The summed E-state index contributed by atoms with van der Waals surface area (Å²) in [5, 5.41) is 8.17. The first-order chi connectivity index (χ1) is 5.83. The fourth-order valence-corrected chi connectivity index (χ4v) is 3.26. The molecule has 1 heterocycles. The SMILES string of the molecule is N#CC(Cl)CN1CCSSCC1. The topological polar surface area (TPSA) is 27.0 Å². The largest absolute Gasteiger partial charge is 0.299 e. The average Bonchev–Trinajstić information content (AvgIpc) is 2.33. The molecular weight excluding hydrogens is 212 g/mol. The summed E-state index contributed by atoms with van der Waals surface area (Å²) in [4.78, 5) is 2.26. The molecule has 1 unspecified atom stereocenters. The van der Waals surface area contributed by atoms with Crippen molar-refractivity contribution >= 4 is 33.2 Å². The minimum atomic E-state index is -0.349. The Morgan fingerprint density at radius 1 is 1.42 bits per heavy atom. The molecule has 1 atom stereocenters. The van der Waals surface area contributed by atoms with Crippen LogP contribution >= 0.6 is 33.2 Å². The molecule has 0 bridgehead atoms. The van der Waals surface area contributed by atoms with Gasteiger partial charge in [0.2, 0.25) is 0 Å². The Morgan fingerprint density at radius 3 is 2.50 bits per heavy atom. The van der Waals surface area contributed by atoms with Crippen LogP contribution in [0.5, 0.6) is 0 Å². The van der Waals surface area contributed by atoms with Crippen LogP contribution in [0.4, 0.5) is 0 Å². The number of nitriles is 1. The number of hydrogen-bond donors (Lipinski definition) is 0. The Balaban J connectivity index is 2.25. The molecule has 1 fully saturated rings. The third kappa shape index (κ3) is 3.90. The molecule has 0 aromatic carbocycles. The predicted molar refractivity (Wildman–Crippen MR) is 56.6 cm³/mol. The number of alkyl halides is 1. The monoisotopic (exact) mass is 222 g/mol. The molecule has 1 saturated heterocycles. The quantitative estimate of drug-likeness (QED) is 0.526. The predicted octanol–water partition coefficient (Wildman–Crippen LogP) is 1.81. The van der Waals surface area contributed by atoms with Gasteiger partial charge in [-0.15, -0.1) is 11.6 Å². The van der Waals surface area contributed by atoms with Crippen molar-refractivity contribution in [2.24, 2.45) is 0 Å². The molecule has 0 aromatic heterocycles. The van der Waals surface area contributed by atoms with E-state index in [2.05, 4.69) is 4.90 Å². The van der Waals surface area contributed by atoms with Crippen molar-refractivity contribution in [2.75, 3.05) is 31.1 Å². The molecular formula is C7H11ClN2S2. The normalized spacial score (nSPS) is 22.7. The van der Waals surface area contributed by atoms with Crippen molar-refractivity contribution < 1.29 is 0 Å². The lowest BCUT2D eigenvalue weighted by Gasteiger charge is -2.18. The first-order valence-corrected chi connectivity index (χ1v) is 6.76. The summed E-state index contributed by atoms with van der Waals surface area (Å²) in [5.41, 5.74) is 0. The second-order valence-corrected chi connectivity index (χ2v) is 5.77. The van der Waals surface area contributed by atoms with E-state index in [1.807, 2.05) is 27.7 Å². The van der Waals surface area contributed by atoms with Gasteiger partial charge in [-0.05, 0) is 0 Å². The van der Waals surface area contributed by atoms with Gasteiger partial charge in [-0.2, -0.15) is 5.26 Å². The first-order valence-electron chi connectivity index (χ1n) is 3.83. The molecule has 2 nitrogen and oxygen atoms in total. The number of halogens is 1. The van der Waals surface area contributed by atoms with E-state index >= 15 is 0 Å². The van der Waals surface area contributed by atoms with E-state index in [1.165, 1.54) is 0 Å². The van der Waals surface area contributed by atoms with E-state index in [4.69, 9.17) is 16.9 Å². The van der Waals surface area contributed by atoms with Crippen LogP contribution in [0, 0.1) is 11.3 Å². The molecule has 0 spiro atoms. The first kappa shape index (κ1) is 10.5. The van der Waals surface area contributed by atoms with Crippen LogP contribution in [0.2, 0.25) is 0 Å². The summed E-state index contributed by atoms with van der Waals surface area (Å²) >= 11 is 5.74. The second-order valence-electron chi connectivity index (χ2n) is 2.54. The van der Waals surface area contributed by atoms with E-state index in [0.29, 0.717) is 6.54 Å². The van der Waals surface area contributed by atoms with Crippen LogP contribution in [0.1, 0.15) is 0 Å². The molecule has 0 aromatic rings. The van der Waals surface area contributed by atoms with Crippen LogP contribution in [-0.4, -0.2) is 41.4 Å². The van der Waals surface area contributed by atoms with Crippen LogP contribution < -0.4 is 0 Å². The molecule has 1 aliphatic heterocycles. The van der Waals surface area contributed by atoms with Crippen molar-refractivity contribution in [1.29, 1.82) is 5.26 Å². The van der Waals surface area contributed by atoms with Gasteiger partial charge in [-0.1, -0.05) is 21.6 Å². The third-order valence-corrected chi connectivity index (χ3v) is 4.22. The highest BCUT2D eigenvalue weighted by atomic mass is 35.5. The van der Waals surface area contributed by atoms with Gasteiger partial charge in [-0.3, -0.25) is 4.90 Å². The van der Waals surface area contributed by atoms with Crippen LogP contribution in [0.25, 0.3) is 0 Å². The lowest BCUT2D eigenvalue weighted by Crippen LogP contribution is -2.32. The molecule has 0 radical (unpaired) electrons. The molecule has 1 rings (SSSR count). The minimum absolute atomic E-state index is 0.349. The summed E-state index contributed by atoms with van der Waals surface area (Å²) in [6.07, 6.45) is 0. The highest BCUT2D eigenvalue weighted by Gasteiger charge is 2.13. The fraction of sp³-hybridized carbons (Fsp3) is 0.857. The third-order valence-electron chi connectivity index (χ3n) is 1.62. The number of nitrogens with zero attached hydrogens (tertiary/aromatic N) is 2. The molecule has 12 heavy (non-hydrogen) atoms. The molecule has 0 amide bonds. The number of hydrogen-bond acceptors (Lipinski definition) is 4. The maximum atomic E-state index is 8.52. The highest BCUT2D eigenvalue weighted by Crippen LogP contribution is 2.23. The average molecular weight is 223 g/mol. The zero-order valence-corrected chi connectivity index (χ0v) is 9.09. The van der Waals surface area contributed by atoms with Gasteiger partial charge < -0.3 is 0 Å². The van der Waals surface area contributed by atoms with E-state index in [0.717, 1.165) is 24.6 Å². The summed E-state index contributed by atoms with van der Waals surface area (Å²) in [7, 11) is 3.81. The lowest BCUT2D eigenvalue weighted by molar-refractivity contribution is 0.319. The van der Waals surface area contributed by atoms with Gasteiger partial charge in [0, 0.05) is 31.1 Å². The Bertz CT molecular complexity index is 163. The maximum absolute atomic E-state index is 8.52. The fourth-order valence-electron chi connectivity index (χ4n) is 1.01. The van der Waals surface area contributed by atoms with Gasteiger partial charge in [0.05, 0.1) is 6.07 Å². The van der Waals surface area contributed by atoms with Gasteiger partial charge in [0.1, 0.15) is 5.38 Å². The molecule has 5 heteroatoms. The molecule has 0 saturated carbocycles. The lowest BCUT2D eigenvalue weighted by atomic mass is 10.4. The maximum Gasteiger partial charge on any atom is 0.133 e.